The van der Waals surface area contributed by atoms with Crippen molar-refractivity contribution < 1.29 is 17.9 Å². The first-order valence-electron chi connectivity index (χ1n) is 6.26. The van der Waals surface area contributed by atoms with E-state index in [1.807, 2.05) is 0 Å². The maximum Gasteiger partial charge on any atom is 0.228 e. The molecule has 1 fully saturated rings. The number of hydrogen-bond donors (Lipinski definition) is 1. The van der Waals surface area contributed by atoms with Gasteiger partial charge in [-0.2, -0.15) is 0 Å². The van der Waals surface area contributed by atoms with Crippen molar-refractivity contribution in [1.82, 2.24) is 0 Å². The summed E-state index contributed by atoms with van der Waals surface area (Å²) in [5.41, 5.74) is 0.452. The smallest absolute Gasteiger partial charge is 0.228 e. The van der Waals surface area contributed by atoms with Gasteiger partial charge in [0.15, 0.2) is 9.84 Å². The van der Waals surface area contributed by atoms with Crippen molar-refractivity contribution in [2.45, 2.75) is 12.8 Å². The number of hydrogen-bond acceptors (Lipinski definition) is 4. The van der Waals surface area contributed by atoms with Gasteiger partial charge in [0.05, 0.1) is 30.2 Å². The number of rotatable bonds is 3. The van der Waals surface area contributed by atoms with Gasteiger partial charge in [0, 0.05) is 5.02 Å². The van der Waals surface area contributed by atoms with E-state index in [1.54, 1.807) is 18.2 Å². The molecule has 1 aliphatic rings. The van der Waals surface area contributed by atoms with Crippen LogP contribution < -0.4 is 10.1 Å². The molecule has 1 unspecified atom stereocenters. The molecule has 1 aromatic rings. The van der Waals surface area contributed by atoms with Crippen LogP contribution in [0.1, 0.15) is 12.8 Å². The Bertz CT molecular complexity index is 615. The molecule has 1 amide bonds. The van der Waals surface area contributed by atoms with Gasteiger partial charge in [-0.25, -0.2) is 8.42 Å². The van der Waals surface area contributed by atoms with Gasteiger partial charge < -0.3 is 10.1 Å². The molecule has 0 aliphatic carbocycles. The summed E-state index contributed by atoms with van der Waals surface area (Å²) in [6.45, 7) is 0. The summed E-state index contributed by atoms with van der Waals surface area (Å²) < 4.78 is 28.3. The Kier molecular flexibility index (Phi) is 4.55. The highest BCUT2D eigenvalue weighted by Crippen LogP contribution is 2.29. The summed E-state index contributed by atoms with van der Waals surface area (Å²) in [5.74, 6) is -0.272. The highest BCUT2D eigenvalue weighted by atomic mass is 35.5. The number of ether oxygens (including phenoxy) is 1. The lowest BCUT2D eigenvalue weighted by Crippen LogP contribution is -2.34. The second-order valence-corrected chi connectivity index (χ2v) is 7.45. The minimum absolute atomic E-state index is 0.0955. The number of nitrogens with one attached hydrogen (secondary N) is 1. The molecule has 0 radical (unpaired) electrons. The van der Waals surface area contributed by atoms with Gasteiger partial charge in [-0.1, -0.05) is 11.6 Å². The molecule has 0 bridgehead atoms. The van der Waals surface area contributed by atoms with E-state index < -0.39 is 15.8 Å². The van der Waals surface area contributed by atoms with Gasteiger partial charge in [0.2, 0.25) is 5.91 Å². The Hall–Kier alpha value is -1.27. The van der Waals surface area contributed by atoms with Crippen LogP contribution >= 0.6 is 11.6 Å². The normalized spacial score (nSPS) is 21.2. The van der Waals surface area contributed by atoms with Crippen LogP contribution in [0, 0.1) is 5.92 Å². The maximum absolute atomic E-state index is 12.2. The number of anilines is 1. The van der Waals surface area contributed by atoms with E-state index in [2.05, 4.69) is 5.32 Å². The van der Waals surface area contributed by atoms with Crippen LogP contribution in [0.2, 0.25) is 5.02 Å². The fraction of sp³-hybridized carbons (Fsp3) is 0.462. The third-order valence-corrected chi connectivity index (χ3v) is 5.31. The fourth-order valence-corrected chi connectivity index (χ4v) is 4.12. The van der Waals surface area contributed by atoms with Gasteiger partial charge in [0.25, 0.3) is 0 Å². The summed E-state index contributed by atoms with van der Waals surface area (Å²) in [6, 6.07) is 4.88. The summed E-state index contributed by atoms with van der Waals surface area (Å²) in [7, 11) is -1.62. The predicted molar refractivity (Wildman–Crippen MR) is 78.0 cm³/mol. The SMILES string of the molecule is COc1ccc(Cl)cc1NC(=O)C1CCCS(=O)(=O)C1. The molecule has 2 rings (SSSR count). The molecule has 7 heteroatoms. The van der Waals surface area contributed by atoms with Crippen LogP contribution in [0.3, 0.4) is 0 Å². The van der Waals surface area contributed by atoms with Gasteiger partial charge in [-0.3, -0.25) is 4.79 Å². The summed E-state index contributed by atoms with van der Waals surface area (Å²) in [5, 5.41) is 3.17. The molecule has 0 spiro atoms. The van der Waals surface area contributed by atoms with Crippen molar-refractivity contribution in [3.8, 4) is 5.75 Å². The average molecular weight is 318 g/mol. The van der Waals surface area contributed by atoms with Crippen LogP contribution in [0.5, 0.6) is 5.75 Å². The molecular formula is C13H16ClNO4S. The second kappa shape index (κ2) is 6.01. The number of sulfone groups is 1. The number of carbonyl (C=O) groups is 1. The lowest BCUT2D eigenvalue weighted by molar-refractivity contribution is -0.119. The van der Waals surface area contributed by atoms with Gasteiger partial charge in [0.1, 0.15) is 5.75 Å². The van der Waals surface area contributed by atoms with E-state index >= 15 is 0 Å². The van der Waals surface area contributed by atoms with Crippen molar-refractivity contribution in [3.63, 3.8) is 0 Å². The quantitative estimate of drug-likeness (QED) is 0.926. The van der Waals surface area contributed by atoms with E-state index in [-0.39, 0.29) is 17.4 Å². The number of amides is 1. The zero-order chi connectivity index (χ0) is 14.8. The standard InChI is InChI=1S/C13H16ClNO4S/c1-19-12-5-4-10(14)7-11(12)15-13(16)9-3-2-6-20(17,18)8-9/h4-5,7,9H,2-3,6,8H2,1H3,(H,15,16). The van der Waals surface area contributed by atoms with E-state index in [1.165, 1.54) is 7.11 Å². The second-order valence-electron chi connectivity index (χ2n) is 4.79. The molecule has 0 saturated carbocycles. The minimum Gasteiger partial charge on any atom is -0.495 e. The molecule has 0 aromatic heterocycles. The van der Waals surface area contributed by atoms with Crippen molar-refractivity contribution in [1.29, 1.82) is 0 Å². The number of halogens is 1. The van der Waals surface area contributed by atoms with E-state index in [0.717, 1.165) is 0 Å². The third kappa shape index (κ3) is 3.64. The largest absolute Gasteiger partial charge is 0.495 e. The Morgan fingerprint density at radius 3 is 2.85 bits per heavy atom. The van der Waals surface area contributed by atoms with Crippen LogP contribution in [-0.4, -0.2) is 32.9 Å². The Morgan fingerprint density at radius 1 is 1.45 bits per heavy atom. The molecule has 1 saturated heterocycles. The Balaban J connectivity index is 2.13. The molecule has 1 heterocycles. The van der Waals surface area contributed by atoms with E-state index in [9.17, 15) is 13.2 Å². The van der Waals surface area contributed by atoms with Crippen LogP contribution in [0.15, 0.2) is 18.2 Å². The Labute approximate surface area is 123 Å². The van der Waals surface area contributed by atoms with E-state index in [0.29, 0.717) is 29.3 Å². The molecular weight excluding hydrogens is 302 g/mol. The van der Waals surface area contributed by atoms with Gasteiger partial charge in [-0.05, 0) is 31.0 Å². The topological polar surface area (TPSA) is 72.5 Å². The average Bonchev–Trinajstić information content (AvgIpc) is 2.38. The lowest BCUT2D eigenvalue weighted by Gasteiger charge is -2.21. The number of methoxy groups -OCH3 is 1. The predicted octanol–water partition coefficient (Wildman–Crippen LogP) is 2.11. The highest BCUT2D eigenvalue weighted by Gasteiger charge is 2.30. The highest BCUT2D eigenvalue weighted by molar-refractivity contribution is 7.91. The molecule has 5 nitrogen and oxygen atoms in total. The zero-order valence-corrected chi connectivity index (χ0v) is 12.6. The molecule has 1 aromatic carbocycles. The fourth-order valence-electron chi connectivity index (χ4n) is 2.24. The molecule has 110 valence electrons. The Morgan fingerprint density at radius 2 is 2.20 bits per heavy atom. The van der Waals surface area contributed by atoms with Crippen molar-refractivity contribution in [3.05, 3.63) is 23.2 Å². The first kappa shape index (κ1) is 15.1. The first-order chi connectivity index (χ1) is 9.41. The monoisotopic (exact) mass is 317 g/mol. The number of benzene rings is 1. The molecule has 1 aliphatic heterocycles. The summed E-state index contributed by atoms with van der Waals surface area (Å²) in [4.78, 5) is 12.2. The molecule has 20 heavy (non-hydrogen) atoms. The van der Waals surface area contributed by atoms with Crippen LogP contribution in [0.4, 0.5) is 5.69 Å². The van der Waals surface area contributed by atoms with Crippen LogP contribution in [0.25, 0.3) is 0 Å². The van der Waals surface area contributed by atoms with Gasteiger partial charge >= 0.3 is 0 Å². The van der Waals surface area contributed by atoms with Crippen molar-refractivity contribution >= 4 is 33.0 Å². The molecule has 1 N–H and O–H groups in total. The van der Waals surface area contributed by atoms with Crippen molar-refractivity contribution in [2.75, 3.05) is 23.9 Å². The van der Waals surface area contributed by atoms with Crippen molar-refractivity contribution in [2.24, 2.45) is 5.92 Å². The van der Waals surface area contributed by atoms with Crippen LogP contribution in [-0.2, 0) is 14.6 Å². The zero-order valence-electron chi connectivity index (χ0n) is 11.1. The third-order valence-electron chi connectivity index (χ3n) is 3.25. The summed E-state index contributed by atoms with van der Waals surface area (Å²) in [6.07, 6.45) is 1.10. The number of carbonyl (C=O) groups excluding carboxylic acids is 1. The van der Waals surface area contributed by atoms with Gasteiger partial charge in [-0.15, -0.1) is 0 Å². The maximum atomic E-state index is 12.2. The summed E-state index contributed by atoms with van der Waals surface area (Å²) >= 11 is 5.89. The minimum atomic E-state index is -3.11. The lowest BCUT2D eigenvalue weighted by atomic mass is 10.0. The molecule has 1 atom stereocenters. The van der Waals surface area contributed by atoms with E-state index in [4.69, 9.17) is 16.3 Å². The first-order valence-corrected chi connectivity index (χ1v) is 8.46.